The molecule has 3 atom stereocenters. The zero-order valence-corrected chi connectivity index (χ0v) is 20.2. The number of nitrogens with one attached hydrogen (secondary N) is 3. The Morgan fingerprint density at radius 3 is 1.88 bits per heavy atom. The normalized spacial score (nSPS) is 14.7. The van der Waals surface area contributed by atoms with E-state index in [0.29, 0.717) is 0 Å². The van der Waals surface area contributed by atoms with E-state index in [9.17, 15) is 27.6 Å². The molecule has 1 aromatic carbocycles. The van der Waals surface area contributed by atoms with E-state index in [0.717, 1.165) is 6.08 Å². The monoisotopic (exact) mass is 501 g/mol. The van der Waals surface area contributed by atoms with Crippen molar-refractivity contribution in [2.45, 2.75) is 57.1 Å². The Hall–Kier alpha value is -2.92. The summed E-state index contributed by atoms with van der Waals surface area (Å²) in [6.07, 6.45) is 0.281. The third-order valence-electron chi connectivity index (χ3n) is 4.39. The van der Waals surface area contributed by atoms with Crippen LogP contribution in [0.4, 0.5) is 0 Å². The highest BCUT2D eigenvalue weighted by molar-refractivity contribution is 7.96. The molecule has 182 valence electrons. The van der Waals surface area contributed by atoms with Gasteiger partial charge in [-0.15, -0.1) is 0 Å². The van der Waals surface area contributed by atoms with Crippen molar-refractivity contribution in [2.75, 3.05) is 0 Å². The third-order valence-corrected chi connectivity index (χ3v) is 6.67. The number of carboxylic acids is 1. The average Bonchev–Trinajstić information content (AvgIpc) is 2.73. The SMILES string of the molecule is CC(C)C(=O)NC(C)C(=O)NC(C)C(=O)N[C@H](/C=C(\Cl)S(=O)(=O)c1ccccc1)CC(=O)O. The highest BCUT2D eigenvalue weighted by Crippen LogP contribution is 2.22. The minimum absolute atomic E-state index is 0.0929. The van der Waals surface area contributed by atoms with Crippen LogP contribution in [0.25, 0.3) is 0 Å². The molecule has 3 amide bonds. The molecule has 0 heterocycles. The van der Waals surface area contributed by atoms with Crippen LogP contribution in [0.15, 0.2) is 45.7 Å². The molecule has 10 nitrogen and oxygen atoms in total. The topological polar surface area (TPSA) is 159 Å². The summed E-state index contributed by atoms with van der Waals surface area (Å²) >= 11 is 5.97. The van der Waals surface area contributed by atoms with Crippen LogP contribution < -0.4 is 16.0 Å². The second kappa shape index (κ2) is 12.4. The molecule has 0 fully saturated rings. The lowest BCUT2D eigenvalue weighted by atomic mass is 10.1. The smallest absolute Gasteiger partial charge is 0.305 e. The fourth-order valence-electron chi connectivity index (χ4n) is 2.46. The van der Waals surface area contributed by atoms with E-state index in [-0.39, 0.29) is 16.7 Å². The largest absolute Gasteiger partial charge is 0.481 e. The fourth-order valence-corrected chi connectivity index (χ4v) is 3.96. The Morgan fingerprint density at radius 1 is 0.909 bits per heavy atom. The number of hydrogen-bond donors (Lipinski definition) is 4. The van der Waals surface area contributed by atoms with E-state index >= 15 is 0 Å². The van der Waals surface area contributed by atoms with E-state index in [1.54, 1.807) is 19.9 Å². The van der Waals surface area contributed by atoms with Gasteiger partial charge in [0.15, 0.2) is 0 Å². The summed E-state index contributed by atoms with van der Waals surface area (Å²) in [6, 6.07) is 4.00. The zero-order valence-electron chi connectivity index (χ0n) is 18.7. The maximum absolute atomic E-state index is 12.6. The fraction of sp³-hybridized carbons (Fsp3) is 0.429. The third kappa shape index (κ3) is 8.85. The first-order valence-corrected chi connectivity index (χ1v) is 11.9. The van der Waals surface area contributed by atoms with E-state index in [2.05, 4.69) is 16.0 Å². The highest BCUT2D eigenvalue weighted by atomic mass is 35.5. The molecule has 12 heteroatoms. The molecule has 2 unspecified atom stereocenters. The molecule has 0 radical (unpaired) electrons. The van der Waals surface area contributed by atoms with Crippen molar-refractivity contribution in [2.24, 2.45) is 5.92 Å². The number of rotatable bonds is 11. The van der Waals surface area contributed by atoms with Gasteiger partial charge < -0.3 is 21.1 Å². The maximum atomic E-state index is 12.6. The van der Waals surface area contributed by atoms with Gasteiger partial charge in [-0.3, -0.25) is 19.2 Å². The van der Waals surface area contributed by atoms with Crippen molar-refractivity contribution in [3.05, 3.63) is 40.8 Å². The number of hydrogen-bond acceptors (Lipinski definition) is 6. The van der Waals surface area contributed by atoms with Gasteiger partial charge in [0.2, 0.25) is 27.6 Å². The molecule has 0 aliphatic heterocycles. The Morgan fingerprint density at radius 2 is 1.39 bits per heavy atom. The van der Waals surface area contributed by atoms with Gasteiger partial charge in [-0.05, 0) is 32.1 Å². The number of aliphatic carboxylic acids is 1. The predicted octanol–water partition coefficient (Wildman–Crippen LogP) is 1.17. The van der Waals surface area contributed by atoms with Gasteiger partial charge in [-0.1, -0.05) is 43.6 Å². The average molecular weight is 502 g/mol. The van der Waals surface area contributed by atoms with Crippen LogP contribution in [0.1, 0.15) is 34.1 Å². The van der Waals surface area contributed by atoms with Gasteiger partial charge in [0, 0.05) is 5.92 Å². The van der Waals surface area contributed by atoms with Gasteiger partial charge in [0.1, 0.15) is 16.4 Å². The van der Waals surface area contributed by atoms with E-state index < -0.39 is 56.5 Å². The highest BCUT2D eigenvalue weighted by Gasteiger charge is 2.26. The first-order chi connectivity index (χ1) is 15.2. The number of carbonyl (C=O) groups is 4. The van der Waals surface area contributed by atoms with Gasteiger partial charge in [0.25, 0.3) is 0 Å². The predicted molar refractivity (Wildman–Crippen MR) is 122 cm³/mol. The van der Waals surface area contributed by atoms with Crippen molar-refractivity contribution in [1.29, 1.82) is 0 Å². The summed E-state index contributed by atoms with van der Waals surface area (Å²) in [4.78, 5) is 47.6. The van der Waals surface area contributed by atoms with Crippen molar-refractivity contribution >= 4 is 45.1 Å². The van der Waals surface area contributed by atoms with Crippen LogP contribution in [0.5, 0.6) is 0 Å². The van der Waals surface area contributed by atoms with E-state index in [1.165, 1.54) is 38.1 Å². The molecule has 1 aromatic rings. The van der Waals surface area contributed by atoms with Crippen LogP contribution in [0.3, 0.4) is 0 Å². The lowest BCUT2D eigenvalue weighted by Gasteiger charge is -2.21. The maximum Gasteiger partial charge on any atom is 0.305 e. The number of benzene rings is 1. The number of carbonyl (C=O) groups excluding carboxylic acids is 3. The summed E-state index contributed by atoms with van der Waals surface area (Å²) in [5.74, 6) is -3.37. The van der Waals surface area contributed by atoms with Gasteiger partial charge >= 0.3 is 5.97 Å². The Bertz CT molecular complexity index is 1010. The Kier molecular flexibility index (Phi) is 10.5. The van der Waals surface area contributed by atoms with Crippen molar-refractivity contribution in [1.82, 2.24) is 16.0 Å². The second-order valence-electron chi connectivity index (χ2n) is 7.62. The van der Waals surface area contributed by atoms with E-state index in [4.69, 9.17) is 16.7 Å². The molecule has 1 rings (SSSR count). The molecule has 0 aliphatic rings. The molecular weight excluding hydrogens is 474 g/mol. The van der Waals surface area contributed by atoms with Gasteiger partial charge in [-0.25, -0.2) is 8.42 Å². The first kappa shape index (κ1) is 28.1. The summed E-state index contributed by atoms with van der Waals surface area (Å²) in [6.45, 7) is 6.13. The molecule has 0 bridgehead atoms. The van der Waals surface area contributed by atoms with Crippen LogP contribution >= 0.6 is 11.6 Å². The number of halogens is 1. The van der Waals surface area contributed by atoms with Crippen molar-refractivity contribution in [3.63, 3.8) is 0 Å². The summed E-state index contributed by atoms with van der Waals surface area (Å²) in [7, 11) is -4.10. The first-order valence-electron chi connectivity index (χ1n) is 10.1. The van der Waals surface area contributed by atoms with Crippen LogP contribution in [-0.2, 0) is 29.0 Å². The van der Waals surface area contributed by atoms with Crippen molar-refractivity contribution < 1.29 is 32.7 Å². The Labute approximate surface area is 197 Å². The molecule has 0 aliphatic carbocycles. The lowest BCUT2D eigenvalue weighted by molar-refractivity contribution is -0.137. The molecule has 0 aromatic heterocycles. The minimum Gasteiger partial charge on any atom is -0.481 e. The lowest BCUT2D eigenvalue weighted by Crippen LogP contribution is -2.53. The molecular formula is C21H28ClN3O7S. The van der Waals surface area contributed by atoms with Crippen LogP contribution in [0.2, 0.25) is 0 Å². The number of amides is 3. The molecule has 4 N–H and O–H groups in total. The number of sulfone groups is 1. The van der Waals surface area contributed by atoms with Crippen LogP contribution in [-0.4, -0.2) is 55.3 Å². The number of carboxylic acid groups (broad SMARTS) is 1. The van der Waals surface area contributed by atoms with Gasteiger partial charge in [-0.2, -0.15) is 0 Å². The molecule has 0 saturated carbocycles. The standard InChI is InChI=1S/C21H28ClN3O7S/c1-12(2)19(28)23-13(3)20(29)24-14(4)21(30)25-15(11-18(26)27)10-17(22)33(31,32)16-8-6-5-7-9-16/h5-10,12-15H,11H2,1-4H3,(H,23,28)(H,24,29)(H,25,30)(H,26,27)/b17-10+/t13?,14?,15-/m1/s1. The quantitative estimate of drug-likeness (QED) is 0.354. The molecule has 0 spiro atoms. The minimum atomic E-state index is -4.10. The van der Waals surface area contributed by atoms with Gasteiger partial charge in [0.05, 0.1) is 17.4 Å². The molecule has 33 heavy (non-hydrogen) atoms. The second-order valence-corrected chi connectivity index (χ2v) is 10.2. The summed E-state index contributed by atoms with van der Waals surface area (Å²) in [5.41, 5.74) is 0. The molecule has 0 saturated heterocycles. The van der Waals surface area contributed by atoms with Crippen molar-refractivity contribution in [3.8, 4) is 0 Å². The van der Waals surface area contributed by atoms with Crippen LogP contribution in [0, 0.1) is 5.92 Å². The zero-order chi connectivity index (χ0) is 25.3. The summed E-state index contributed by atoms with van der Waals surface area (Å²) < 4.78 is 24.5. The Balaban J connectivity index is 2.92. The van der Waals surface area contributed by atoms with E-state index in [1.807, 2.05) is 0 Å². The summed E-state index contributed by atoms with van der Waals surface area (Å²) in [5, 5.41) is 16.4.